The molecule has 0 fully saturated rings. The lowest BCUT2D eigenvalue weighted by atomic mass is 10.1. The molecule has 1 aromatic rings. The first-order valence-corrected chi connectivity index (χ1v) is 4.30. The van der Waals surface area contributed by atoms with Crippen LogP contribution < -0.4 is 16.4 Å². The van der Waals surface area contributed by atoms with Crippen molar-refractivity contribution in [3.8, 4) is 0 Å². The zero-order valence-electron chi connectivity index (χ0n) is 7.15. The van der Waals surface area contributed by atoms with Crippen LogP contribution in [-0.4, -0.2) is 0 Å². The molecule has 12 heavy (non-hydrogen) atoms. The fraction of sp³-hybridized carbons (Fsp3) is 0.333. The van der Waals surface area contributed by atoms with E-state index in [0.717, 1.165) is 12.1 Å². The predicted molar refractivity (Wildman–Crippen MR) is 50.8 cm³/mol. The summed E-state index contributed by atoms with van der Waals surface area (Å²) in [5.41, 5.74) is 12.7. The number of hydrazine groups is 2. The van der Waals surface area contributed by atoms with Crippen LogP contribution in [-0.2, 0) is 6.42 Å². The SMILES string of the molecule is CCCc1cccc2c1NNN2. The maximum atomic E-state index is 3.09. The van der Waals surface area contributed by atoms with Gasteiger partial charge < -0.3 is 10.9 Å². The molecule has 0 unspecified atom stereocenters. The minimum atomic E-state index is 1.12. The quantitative estimate of drug-likeness (QED) is 0.623. The number of fused-ring (bicyclic) bond motifs is 1. The zero-order valence-corrected chi connectivity index (χ0v) is 7.15. The second-order valence-electron chi connectivity index (χ2n) is 2.96. The standard InChI is InChI=1S/C9H13N3/c1-2-4-7-5-3-6-8-9(7)11-12-10-8/h3,5-6,10-12H,2,4H2,1H3. The van der Waals surface area contributed by atoms with Crippen molar-refractivity contribution in [2.24, 2.45) is 0 Å². The second-order valence-corrected chi connectivity index (χ2v) is 2.96. The Balaban J connectivity index is 2.36. The molecule has 0 amide bonds. The van der Waals surface area contributed by atoms with E-state index in [1.165, 1.54) is 17.7 Å². The molecule has 0 saturated carbocycles. The molecular formula is C9H13N3. The van der Waals surface area contributed by atoms with Gasteiger partial charge in [0.25, 0.3) is 0 Å². The molecule has 3 nitrogen and oxygen atoms in total. The van der Waals surface area contributed by atoms with E-state index < -0.39 is 0 Å². The Morgan fingerprint density at radius 3 is 3.00 bits per heavy atom. The molecule has 1 heterocycles. The summed E-state index contributed by atoms with van der Waals surface area (Å²) in [7, 11) is 0. The van der Waals surface area contributed by atoms with Crippen LogP contribution in [0.2, 0.25) is 0 Å². The highest BCUT2D eigenvalue weighted by atomic mass is 15.6. The Bertz CT molecular complexity index is 283. The van der Waals surface area contributed by atoms with Crippen molar-refractivity contribution < 1.29 is 0 Å². The Morgan fingerprint density at radius 1 is 1.25 bits per heavy atom. The molecule has 0 aromatic heterocycles. The first kappa shape index (κ1) is 7.43. The van der Waals surface area contributed by atoms with Crippen molar-refractivity contribution >= 4 is 11.4 Å². The van der Waals surface area contributed by atoms with Gasteiger partial charge in [-0.25, -0.2) is 0 Å². The monoisotopic (exact) mass is 163 g/mol. The highest BCUT2D eigenvalue weighted by Crippen LogP contribution is 2.28. The molecule has 0 saturated heterocycles. The third-order valence-electron chi connectivity index (χ3n) is 2.05. The molecule has 2 rings (SSSR count). The minimum absolute atomic E-state index is 1.12. The van der Waals surface area contributed by atoms with Crippen molar-refractivity contribution in [2.45, 2.75) is 19.8 Å². The first-order valence-electron chi connectivity index (χ1n) is 4.30. The van der Waals surface area contributed by atoms with E-state index in [1.54, 1.807) is 0 Å². The smallest absolute Gasteiger partial charge is 0.0782 e. The number of rotatable bonds is 2. The molecule has 0 bridgehead atoms. The van der Waals surface area contributed by atoms with Gasteiger partial charge in [0.2, 0.25) is 0 Å². The summed E-state index contributed by atoms with van der Waals surface area (Å²) in [6, 6.07) is 6.29. The van der Waals surface area contributed by atoms with E-state index in [0.29, 0.717) is 0 Å². The fourth-order valence-corrected chi connectivity index (χ4v) is 1.49. The van der Waals surface area contributed by atoms with Crippen LogP contribution in [0.25, 0.3) is 0 Å². The lowest BCUT2D eigenvalue weighted by Gasteiger charge is -2.04. The predicted octanol–water partition coefficient (Wildman–Crippen LogP) is 1.90. The van der Waals surface area contributed by atoms with Gasteiger partial charge in [0.1, 0.15) is 0 Å². The highest BCUT2D eigenvalue weighted by Gasteiger charge is 2.11. The average molecular weight is 163 g/mol. The maximum Gasteiger partial charge on any atom is 0.0782 e. The lowest BCUT2D eigenvalue weighted by Crippen LogP contribution is -2.19. The van der Waals surface area contributed by atoms with E-state index in [4.69, 9.17) is 0 Å². The molecule has 0 atom stereocenters. The summed E-state index contributed by atoms with van der Waals surface area (Å²) in [5, 5.41) is 0. The third kappa shape index (κ3) is 1.12. The van der Waals surface area contributed by atoms with Gasteiger partial charge in [0.05, 0.1) is 11.4 Å². The number of para-hydroxylation sites is 1. The van der Waals surface area contributed by atoms with Gasteiger partial charge in [-0.2, -0.15) is 0 Å². The van der Waals surface area contributed by atoms with Gasteiger partial charge in [0, 0.05) is 0 Å². The Kier molecular flexibility index (Phi) is 1.87. The van der Waals surface area contributed by atoms with E-state index >= 15 is 0 Å². The molecule has 3 heteroatoms. The van der Waals surface area contributed by atoms with Crippen LogP contribution in [0.15, 0.2) is 18.2 Å². The van der Waals surface area contributed by atoms with Crippen molar-refractivity contribution in [3.05, 3.63) is 23.8 Å². The fourth-order valence-electron chi connectivity index (χ4n) is 1.49. The summed E-state index contributed by atoms with van der Waals surface area (Å²) in [6.07, 6.45) is 2.30. The number of aryl methyl sites for hydroxylation is 1. The molecule has 1 aromatic carbocycles. The summed E-state index contributed by atoms with van der Waals surface area (Å²) in [5.74, 6) is 0. The van der Waals surface area contributed by atoms with Gasteiger partial charge in [-0.05, 0) is 18.1 Å². The van der Waals surface area contributed by atoms with Crippen molar-refractivity contribution in [1.82, 2.24) is 5.53 Å². The summed E-state index contributed by atoms with van der Waals surface area (Å²) < 4.78 is 0. The largest absolute Gasteiger partial charge is 0.302 e. The third-order valence-corrected chi connectivity index (χ3v) is 2.05. The van der Waals surface area contributed by atoms with E-state index in [-0.39, 0.29) is 0 Å². The molecular weight excluding hydrogens is 150 g/mol. The molecule has 64 valence electrons. The Morgan fingerprint density at radius 2 is 2.17 bits per heavy atom. The zero-order chi connectivity index (χ0) is 8.39. The van der Waals surface area contributed by atoms with Crippen LogP contribution in [0.1, 0.15) is 18.9 Å². The maximum absolute atomic E-state index is 3.09. The lowest BCUT2D eigenvalue weighted by molar-refractivity contribution is 0.919. The number of nitrogens with one attached hydrogen (secondary N) is 3. The Labute approximate surface area is 72.1 Å². The first-order chi connectivity index (χ1) is 5.92. The summed E-state index contributed by atoms with van der Waals surface area (Å²) in [6.45, 7) is 2.19. The number of anilines is 2. The van der Waals surface area contributed by atoms with Crippen molar-refractivity contribution in [1.29, 1.82) is 0 Å². The minimum Gasteiger partial charge on any atom is -0.302 e. The average Bonchev–Trinajstić information content (AvgIpc) is 2.53. The summed E-state index contributed by atoms with van der Waals surface area (Å²) >= 11 is 0. The van der Waals surface area contributed by atoms with E-state index in [9.17, 15) is 0 Å². The van der Waals surface area contributed by atoms with Gasteiger partial charge in [-0.1, -0.05) is 25.5 Å². The molecule has 0 spiro atoms. The normalized spacial score (nSPS) is 13.4. The van der Waals surface area contributed by atoms with Crippen LogP contribution in [0, 0.1) is 0 Å². The van der Waals surface area contributed by atoms with Crippen LogP contribution in [0.5, 0.6) is 0 Å². The molecule has 0 aliphatic carbocycles. The number of benzene rings is 1. The van der Waals surface area contributed by atoms with Gasteiger partial charge in [0.15, 0.2) is 0 Å². The molecule has 3 N–H and O–H groups in total. The van der Waals surface area contributed by atoms with Crippen LogP contribution in [0.3, 0.4) is 0 Å². The Hall–Kier alpha value is -1.22. The van der Waals surface area contributed by atoms with Crippen LogP contribution in [0.4, 0.5) is 11.4 Å². The van der Waals surface area contributed by atoms with Gasteiger partial charge >= 0.3 is 0 Å². The highest BCUT2D eigenvalue weighted by molar-refractivity contribution is 5.74. The van der Waals surface area contributed by atoms with E-state index in [1.807, 2.05) is 0 Å². The van der Waals surface area contributed by atoms with Crippen LogP contribution >= 0.6 is 0 Å². The van der Waals surface area contributed by atoms with Crippen molar-refractivity contribution in [3.63, 3.8) is 0 Å². The van der Waals surface area contributed by atoms with Gasteiger partial charge in [-0.3, -0.25) is 0 Å². The topological polar surface area (TPSA) is 36.1 Å². The molecule has 1 aliphatic heterocycles. The van der Waals surface area contributed by atoms with E-state index in [2.05, 4.69) is 41.5 Å². The molecule has 0 radical (unpaired) electrons. The number of hydrogen-bond acceptors (Lipinski definition) is 3. The number of hydrogen-bond donors (Lipinski definition) is 3. The molecule has 1 aliphatic rings. The van der Waals surface area contributed by atoms with Gasteiger partial charge in [-0.15, -0.1) is 5.53 Å². The summed E-state index contributed by atoms with van der Waals surface area (Å²) in [4.78, 5) is 0. The second kappa shape index (κ2) is 3.03. The van der Waals surface area contributed by atoms with Crippen molar-refractivity contribution in [2.75, 3.05) is 10.9 Å².